The molecule has 0 fully saturated rings. The Morgan fingerprint density at radius 1 is 1.15 bits per heavy atom. The van der Waals surface area contributed by atoms with Gasteiger partial charge in [-0.3, -0.25) is 10.1 Å². The second-order valence-electron chi connectivity index (χ2n) is 4.43. The number of non-ortho nitro benzene ring substituents is 1. The van der Waals surface area contributed by atoms with E-state index in [9.17, 15) is 10.1 Å². The van der Waals surface area contributed by atoms with Crippen molar-refractivity contribution in [1.29, 1.82) is 0 Å². The second-order valence-corrected chi connectivity index (χ2v) is 4.43. The van der Waals surface area contributed by atoms with Crippen LogP contribution in [0.2, 0.25) is 0 Å². The summed E-state index contributed by atoms with van der Waals surface area (Å²) >= 11 is 0. The molecule has 1 unspecified atom stereocenters. The second kappa shape index (κ2) is 6.16. The summed E-state index contributed by atoms with van der Waals surface area (Å²) in [6, 6.07) is 14.2. The topological polar surface area (TPSA) is 64.4 Å². The predicted octanol–water partition coefficient (Wildman–Crippen LogP) is 4.05. The molecule has 2 aromatic rings. The molecule has 0 bridgehead atoms. The minimum atomic E-state index is -0.412. The lowest BCUT2D eigenvalue weighted by Crippen LogP contribution is -1.97. The molecule has 0 saturated heterocycles. The fraction of sp³-hybridized carbons (Fsp3) is 0.200. The largest absolute Gasteiger partial charge is 0.377 e. The number of nitrogens with one attached hydrogen (secondary N) is 1. The highest BCUT2D eigenvalue weighted by Crippen LogP contribution is 2.23. The van der Waals surface area contributed by atoms with E-state index in [1.807, 2.05) is 31.2 Å². The number of hydrogen-bond donors (Lipinski definition) is 1. The van der Waals surface area contributed by atoms with Gasteiger partial charge in [-0.25, -0.2) is 0 Å². The lowest BCUT2D eigenvalue weighted by molar-refractivity contribution is -0.384. The van der Waals surface area contributed by atoms with Crippen molar-refractivity contribution < 1.29 is 9.66 Å². The van der Waals surface area contributed by atoms with Gasteiger partial charge in [0.15, 0.2) is 0 Å². The van der Waals surface area contributed by atoms with Crippen molar-refractivity contribution in [3.8, 4) is 0 Å². The molecule has 0 aliphatic heterocycles. The number of ether oxygens (including phenoxy) is 1. The monoisotopic (exact) mass is 272 g/mol. The van der Waals surface area contributed by atoms with Crippen LogP contribution in [0.3, 0.4) is 0 Å². The van der Waals surface area contributed by atoms with Gasteiger partial charge in [0, 0.05) is 30.6 Å². The van der Waals surface area contributed by atoms with E-state index in [2.05, 4.69) is 5.32 Å². The number of nitro benzene ring substituents is 1. The molecule has 0 spiro atoms. The average molecular weight is 272 g/mol. The lowest BCUT2D eigenvalue weighted by Gasteiger charge is -2.12. The van der Waals surface area contributed by atoms with Crippen molar-refractivity contribution in [1.82, 2.24) is 0 Å². The zero-order chi connectivity index (χ0) is 14.5. The van der Waals surface area contributed by atoms with Crippen molar-refractivity contribution in [2.75, 3.05) is 12.4 Å². The highest BCUT2D eigenvalue weighted by Gasteiger charge is 2.06. The predicted molar refractivity (Wildman–Crippen MR) is 78.2 cm³/mol. The van der Waals surface area contributed by atoms with E-state index < -0.39 is 4.92 Å². The van der Waals surface area contributed by atoms with Crippen LogP contribution in [-0.2, 0) is 4.74 Å². The van der Waals surface area contributed by atoms with Crippen LogP contribution in [0.4, 0.5) is 17.1 Å². The Kier molecular flexibility index (Phi) is 4.32. The molecule has 0 saturated carbocycles. The van der Waals surface area contributed by atoms with Crippen LogP contribution < -0.4 is 5.32 Å². The van der Waals surface area contributed by atoms with E-state index in [4.69, 9.17) is 4.74 Å². The first-order valence-electron chi connectivity index (χ1n) is 6.24. The standard InChI is InChI=1S/C15H16N2O3/c1-11(20-2)12-4-3-5-14(10-12)16-13-6-8-15(9-7-13)17(18)19/h3-11,16H,1-2H3. The maximum absolute atomic E-state index is 10.6. The zero-order valence-electron chi connectivity index (χ0n) is 11.4. The summed E-state index contributed by atoms with van der Waals surface area (Å²) in [6.45, 7) is 1.98. The number of rotatable bonds is 5. The van der Waals surface area contributed by atoms with Crippen molar-refractivity contribution in [3.63, 3.8) is 0 Å². The molecular weight excluding hydrogens is 256 g/mol. The van der Waals surface area contributed by atoms with Gasteiger partial charge in [-0.2, -0.15) is 0 Å². The molecule has 2 aromatic carbocycles. The number of hydrogen-bond acceptors (Lipinski definition) is 4. The van der Waals surface area contributed by atoms with Gasteiger partial charge >= 0.3 is 0 Å². The van der Waals surface area contributed by atoms with Crippen LogP contribution in [0, 0.1) is 10.1 Å². The number of benzene rings is 2. The van der Waals surface area contributed by atoms with Gasteiger partial charge in [-0.15, -0.1) is 0 Å². The van der Waals surface area contributed by atoms with Gasteiger partial charge in [0.25, 0.3) is 5.69 Å². The summed E-state index contributed by atoms with van der Waals surface area (Å²) in [5.41, 5.74) is 2.87. The normalized spacial score (nSPS) is 11.9. The van der Waals surface area contributed by atoms with Crippen LogP contribution in [0.1, 0.15) is 18.6 Å². The third kappa shape index (κ3) is 3.33. The van der Waals surface area contributed by atoms with Crippen molar-refractivity contribution in [2.24, 2.45) is 0 Å². The van der Waals surface area contributed by atoms with Crippen LogP contribution >= 0.6 is 0 Å². The van der Waals surface area contributed by atoms with Crippen LogP contribution in [-0.4, -0.2) is 12.0 Å². The van der Waals surface area contributed by atoms with Gasteiger partial charge in [0.05, 0.1) is 11.0 Å². The molecule has 5 nitrogen and oxygen atoms in total. The number of nitrogens with zero attached hydrogens (tertiary/aromatic N) is 1. The first-order valence-corrected chi connectivity index (χ1v) is 6.24. The molecule has 1 atom stereocenters. The summed E-state index contributed by atoms with van der Waals surface area (Å²) in [5.74, 6) is 0. The molecule has 0 aromatic heterocycles. The molecule has 0 aliphatic carbocycles. The molecule has 0 radical (unpaired) electrons. The SMILES string of the molecule is COC(C)c1cccc(Nc2ccc([N+](=O)[O-])cc2)c1. The molecule has 20 heavy (non-hydrogen) atoms. The van der Waals surface area contributed by atoms with Gasteiger partial charge in [0.2, 0.25) is 0 Å². The van der Waals surface area contributed by atoms with Crippen LogP contribution in [0.5, 0.6) is 0 Å². The number of methoxy groups -OCH3 is 1. The minimum Gasteiger partial charge on any atom is -0.377 e. The summed E-state index contributed by atoms with van der Waals surface area (Å²) < 4.78 is 5.28. The van der Waals surface area contributed by atoms with Crippen molar-refractivity contribution >= 4 is 17.1 Å². The quantitative estimate of drug-likeness (QED) is 0.659. The molecular formula is C15H16N2O3. The van der Waals surface area contributed by atoms with E-state index in [1.165, 1.54) is 12.1 Å². The molecule has 1 N–H and O–H groups in total. The summed E-state index contributed by atoms with van der Waals surface area (Å²) in [4.78, 5) is 10.2. The van der Waals surface area contributed by atoms with Crippen LogP contribution in [0.15, 0.2) is 48.5 Å². The summed E-state index contributed by atoms with van der Waals surface area (Å²) in [7, 11) is 1.67. The summed E-state index contributed by atoms with van der Waals surface area (Å²) in [6.07, 6.45) is 0.0219. The molecule has 2 rings (SSSR count). The Morgan fingerprint density at radius 3 is 2.45 bits per heavy atom. The minimum absolute atomic E-state index is 0.0219. The Bertz CT molecular complexity index is 596. The fourth-order valence-corrected chi connectivity index (χ4v) is 1.84. The maximum Gasteiger partial charge on any atom is 0.269 e. The average Bonchev–Trinajstić information content (AvgIpc) is 2.47. The summed E-state index contributed by atoms with van der Waals surface area (Å²) in [5, 5.41) is 13.8. The van der Waals surface area contributed by atoms with Gasteiger partial charge in [-0.05, 0) is 36.8 Å². The maximum atomic E-state index is 10.6. The van der Waals surface area contributed by atoms with E-state index >= 15 is 0 Å². The first kappa shape index (κ1) is 14.0. The highest BCUT2D eigenvalue weighted by molar-refractivity contribution is 5.61. The molecule has 0 heterocycles. The lowest BCUT2D eigenvalue weighted by atomic mass is 10.1. The van der Waals surface area contributed by atoms with Gasteiger partial charge in [-0.1, -0.05) is 12.1 Å². The van der Waals surface area contributed by atoms with Gasteiger partial charge < -0.3 is 10.1 Å². The molecule has 0 amide bonds. The highest BCUT2D eigenvalue weighted by atomic mass is 16.6. The molecule has 5 heteroatoms. The Hall–Kier alpha value is -2.40. The van der Waals surface area contributed by atoms with E-state index in [1.54, 1.807) is 19.2 Å². The smallest absolute Gasteiger partial charge is 0.269 e. The van der Waals surface area contributed by atoms with Crippen molar-refractivity contribution in [3.05, 3.63) is 64.2 Å². The van der Waals surface area contributed by atoms with Gasteiger partial charge in [0.1, 0.15) is 0 Å². The molecule has 0 aliphatic rings. The van der Waals surface area contributed by atoms with Crippen molar-refractivity contribution in [2.45, 2.75) is 13.0 Å². The number of anilines is 2. The van der Waals surface area contributed by atoms with Crippen LogP contribution in [0.25, 0.3) is 0 Å². The third-order valence-corrected chi connectivity index (χ3v) is 3.08. The Morgan fingerprint density at radius 2 is 1.85 bits per heavy atom. The number of nitro groups is 1. The fourth-order valence-electron chi connectivity index (χ4n) is 1.84. The van der Waals surface area contributed by atoms with E-state index in [0.29, 0.717) is 0 Å². The Balaban J connectivity index is 2.15. The first-order chi connectivity index (χ1) is 9.60. The van der Waals surface area contributed by atoms with E-state index in [-0.39, 0.29) is 11.8 Å². The Labute approximate surface area is 117 Å². The molecule has 104 valence electrons. The zero-order valence-corrected chi connectivity index (χ0v) is 11.4. The third-order valence-electron chi connectivity index (χ3n) is 3.08. The van der Waals surface area contributed by atoms with E-state index in [0.717, 1.165) is 16.9 Å².